The lowest BCUT2D eigenvalue weighted by Crippen LogP contribution is -2.61. The predicted molar refractivity (Wildman–Crippen MR) is 150 cm³/mol. The van der Waals surface area contributed by atoms with E-state index in [1.54, 1.807) is 25.7 Å². The second-order valence-electron chi connectivity index (χ2n) is 12.1. The second kappa shape index (κ2) is 13.3. The fourth-order valence-electron chi connectivity index (χ4n) is 4.34. The summed E-state index contributed by atoms with van der Waals surface area (Å²) in [5, 5.41) is 5.95. The Morgan fingerprint density at radius 3 is 2.05 bits per heavy atom. The third kappa shape index (κ3) is 9.04. The van der Waals surface area contributed by atoms with Gasteiger partial charge in [0.1, 0.15) is 17.7 Å². The fourth-order valence-corrected chi connectivity index (χ4v) is 4.34. The molecule has 1 aromatic carbocycles. The molecule has 0 radical (unpaired) electrons. The molecule has 0 spiro atoms. The van der Waals surface area contributed by atoms with E-state index in [-0.39, 0.29) is 23.8 Å². The number of hydrogen-bond donors (Lipinski definition) is 2. The molecule has 0 bridgehead atoms. The quantitative estimate of drug-likeness (QED) is 0.365. The van der Waals surface area contributed by atoms with Crippen LogP contribution in [0.15, 0.2) is 18.2 Å². The second-order valence-corrected chi connectivity index (χ2v) is 12.1. The van der Waals surface area contributed by atoms with Crippen molar-refractivity contribution < 1.29 is 19.1 Å². The summed E-state index contributed by atoms with van der Waals surface area (Å²) >= 11 is 0. The molecule has 0 fully saturated rings. The maximum absolute atomic E-state index is 14.4. The van der Waals surface area contributed by atoms with Crippen LogP contribution >= 0.6 is 0 Å². The SMILES string of the molecule is CCCC(C)NC(=O)C(c1cccc(C)c1C)N(C(=O)C(NC(=O)OC(C)(C)C)C(C)C)C(C)(C)CC. The van der Waals surface area contributed by atoms with Crippen LogP contribution in [-0.2, 0) is 14.3 Å². The molecule has 0 aliphatic carbocycles. The summed E-state index contributed by atoms with van der Waals surface area (Å²) in [7, 11) is 0. The zero-order valence-corrected chi connectivity index (χ0v) is 25.2. The number of aryl methyl sites for hydroxylation is 1. The van der Waals surface area contributed by atoms with Crippen molar-refractivity contribution in [2.75, 3.05) is 0 Å². The summed E-state index contributed by atoms with van der Waals surface area (Å²) in [5.41, 5.74) is 1.43. The van der Waals surface area contributed by atoms with Crippen LogP contribution in [-0.4, -0.2) is 46.0 Å². The zero-order chi connectivity index (χ0) is 28.7. The molecule has 0 saturated heterocycles. The van der Waals surface area contributed by atoms with Gasteiger partial charge >= 0.3 is 6.09 Å². The first-order valence-electron chi connectivity index (χ1n) is 13.7. The molecule has 2 N–H and O–H groups in total. The summed E-state index contributed by atoms with van der Waals surface area (Å²) in [6, 6.07) is 4.10. The van der Waals surface area contributed by atoms with Gasteiger partial charge in [-0.05, 0) is 90.8 Å². The highest BCUT2D eigenvalue weighted by Gasteiger charge is 2.44. The molecule has 3 amide bonds. The molecule has 1 rings (SSSR count). The number of amides is 3. The number of nitrogens with zero attached hydrogens (tertiary/aromatic N) is 1. The van der Waals surface area contributed by atoms with Crippen LogP contribution in [0.2, 0.25) is 0 Å². The van der Waals surface area contributed by atoms with Gasteiger partial charge in [-0.2, -0.15) is 0 Å². The molecule has 1 aromatic rings. The molecule has 0 saturated carbocycles. The molecule has 0 aromatic heterocycles. The van der Waals surface area contributed by atoms with Crippen molar-refractivity contribution >= 4 is 17.9 Å². The summed E-state index contributed by atoms with van der Waals surface area (Å²) in [4.78, 5) is 42.8. The average Bonchev–Trinajstić information content (AvgIpc) is 2.76. The number of carbonyl (C=O) groups is 3. The van der Waals surface area contributed by atoms with E-state index in [1.165, 1.54) is 0 Å². The molecule has 3 unspecified atom stereocenters. The third-order valence-corrected chi connectivity index (χ3v) is 6.92. The monoisotopic (exact) mass is 517 g/mol. The van der Waals surface area contributed by atoms with E-state index < -0.39 is 29.3 Å². The Kier molecular flexibility index (Phi) is 11.7. The van der Waals surface area contributed by atoms with Crippen molar-refractivity contribution in [3.05, 3.63) is 34.9 Å². The van der Waals surface area contributed by atoms with E-state index >= 15 is 0 Å². The molecule has 210 valence electrons. The molecule has 7 nitrogen and oxygen atoms in total. The molecular weight excluding hydrogens is 466 g/mol. The van der Waals surface area contributed by atoms with Crippen LogP contribution in [0, 0.1) is 19.8 Å². The lowest BCUT2D eigenvalue weighted by Gasteiger charge is -2.45. The summed E-state index contributed by atoms with van der Waals surface area (Å²) in [6.45, 7) is 23.1. The van der Waals surface area contributed by atoms with Gasteiger partial charge in [0.15, 0.2) is 0 Å². The van der Waals surface area contributed by atoms with Crippen molar-refractivity contribution in [1.29, 1.82) is 0 Å². The van der Waals surface area contributed by atoms with E-state index in [0.717, 1.165) is 29.5 Å². The topological polar surface area (TPSA) is 87.7 Å². The van der Waals surface area contributed by atoms with Gasteiger partial charge in [0.25, 0.3) is 0 Å². The minimum atomic E-state index is -0.867. The number of carbonyl (C=O) groups excluding carboxylic acids is 3. The first-order chi connectivity index (χ1) is 17.0. The van der Waals surface area contributed by atoms with Crippen LogP contribution in [0.4, 0.5) is 4.79 Å². The van der Waals surface area contributed by atoms with Crippen LogP contribution in [0.25, 0.3) is 0 Å². The summed E-state index contributed by atoms with van der Waals surface area (Å²) in [6.07, 6.45) is 1.74. The van der Waals surface area contributed by atoms with Crippen molar-refractivity contribution in [2.24, 2.45) is 5.92 Å². The normalized spacial score (nSPS) is 14.5. The first kappa shape index (κ1) is 32.5. The number of rotatable bonds is 11. The maximum atomic E-state index is 14.4. The molecule has 7 heteroatoms. The van der Waals surface area contributed by atoms with Crippen LogP contribution in [0.3, 0.4) is 0 Å². The van der Waals surface area contributed by atoms with Crippen molar-refractivity contribution in [1.82, 2.24) is 15.5 Å². The lowest BCUT2D eigenvalue weighted by atomic mass is 9.88. The van der Waals surface area contributed by atoms with E-state index in [1.807, 2.05) is 73.6 Å². The minimum absolute atomic E-state index is 0.0346. The van der Waals surface area contributed by atoms with Gasteiger partial charge in [-0.3, -0.25) is 9.59 Å². The van der Waals surface area contributed by atoms with Gasteiger partial charge in [0.2, 0.25) is 11.8 Å². The van der Waals surface area contributed by atoms with E-state index in [4.69, 9.17) is 4.74 Å². The largest absolute Gasteiger partial charge is 0.444 e. The number of alkyl carbamates (subject to hydrolysis) is 1. The highest BCUT2D eigenvalue weighted by molar-refractivity contribution is 5.93. The lowest BCUT2D eigenvalue weighted by molar-refractivity contribution is -0.150. The summed E-state index contributed by atoms with van der Waals surface area (Å²) in [5.74, 6) is -0.752. The van der Waals surface area contributed by atoms with Crippen LogP contribution < -0.4 is 10.6 Å². The number of nitrogens with one attached hydrogen (secondary N) is 2. The zero-order valence-electron chi connectivity index (χ0n) is 25.2. The Morgan fingerprint density at radius 2 is 1.57 bits per heavy atom. The smallest absolute Gasteiger partial charge is 0.408 e. The van der Waals surface area contributed by atoms with Crippen LogP contribution in [0.1, 0.15) is 111 Å². The standard InChI is InChI=1S/C30H51N3O4/c1-13-16-21(6)31-26(34)25(23-18-15-17-20(5)22(23)7)33(30(11,12)14-2)27(35)24(19(3)4)32-28(36)37-29(8,9)10/h15,17-19,21,24-25H,13-14,16H2,1-12H3,(H,31,34)(H,32,36). The Balaban J connectivity index is 3.72. The fraction of sp³-hybridized carbons (Fsp3) is 0.700. The Hall–Kier alpha value is -2.57. The van der Waals surface area contributed by atoms with E-state index in [0.29, 0.717) is 6.42 Å². The van der Waals surface area contributed by atoms with Crippen LogP contribution in [0.5, 0.6) is 0 Å². The molecule has 0 heterocycles. The predicted octanol–water partition coefficient (Wildman–Crippen LogP) is 6.22. The maximum Gasteiger partial charge on any atom is 0.408 e. The van der Waals surface area contributed by atoms with Gasteiger partial charge in [0, 0.05) is 11.6 Å². The van der Waals surface area contributed by atoms with Gasteiger partial charge in [-0.1, -0.05) is 52.3 Å². The van der Waals surface area contributed by atoms with Crippen molar-refractivity contribution in [3.63, 3.8) is 0 Å². The number of hydrogen-bond acceptors (Lipinski definition) is 4. The van der Waals surface area contributed by atoms with Gasteiger partial charge in [-0.25, -0.2) is 4.79 Å². The molecule has 0 aliphatic rings. The molecular formula is C30H51N3O4. The number of ether oxygens (including phenoxy) is 1. The van der Waals surface area contributed by atoms with Crippen molar-refractivity contribution in [3.8, 4) is 0 Å². The van der Waals surface area contributed by atoms with Gasteiger partial charge in [-0.15, -0.1) is 0 Å². The highest BCUT2D eigenvalue weighted by Crippen LogP contribution is 2.35. The summed E-state index contributed by atoms with van der Waals surface area (Å²) < 4.78 is 5.47. The van der Waals surface area contributed by atoms with Gasteiger partial charge < -0.3 is 20.3 Å². The Labute approximate surface area is 225 Å². The minimum Gasteiger partial charge on any atom is -0.444 e. The third-order valence-electron chi connectivity index (χ3n) is 6.92. The van der Waals surface area contributed by atoms with E-state index in [2.05, 4.69) is 17.6 Å². The molecule has 3 atom stereocenters. The molecule has 0 aliphatic heterocycles. The van der Waals surface area contributed by atoms with Gasteiger partial charge in [0.05, 0.1) is 0 Å². The highest BCUT2D eigenvalue weighted by atomic mass is 16.6. The average molecular weight is 518 g/mol. The first-order valence-corrected chi connectivity index (χ1v) is 13.7. The number of benzene rings is 1. The Morgan fingerprint density at radius 1 is 0.973 bits per heavy atom. The van der Waals surface area contributed by atoms with E-state index in [9.17, 15) is 14.4 Å². The Bertz CT molecular complexity index is 933. The van der Waals surface area contributed by atoms with Crippen molar-refractivity contribution in [2.45, 2.75) is 132 Å². The molecule has 37 heavy (non-hydrogen) atoms.